The van der Waals surface area contributed by atoms with Crippen molar-refractivity contribution >= 4 is 0 Å². The number of ether oxygens (including phenoxy) is 1. The molecule has 1 aromatic carbocycles. The average molecular weight is 217 g/mol. The maximum atomic E-state index is 11.9. The topological polar surface area (TPSA) is 21.3 Å². The Hall–Kier alpha value is -1.23. The van der Waals surface area contributed by atoms with Gasteiger partial charge >= 0.3 is 6.36 Å². The van der Waals surface area contributed by atoms with Gasteiger partial charge in [-0.1, -0.05) is 12.1 Å². The van der Waals surface area contributed by atoms with Crippen LogP contribution in [0.2, 0.25) is 0 Å². The Kier molecular flexibility index (Phi) is 2.56. The van der Waals surface area contributed by atoms with E-state index in [1.54, 1.807) is 12.1 Å². The van der Waals surface area contributed by atoms with Crippen LogP contribution in [-0.2, 0) is 0 Å². The first-order valence-electron chi connectivity index (χ1n) is 4.64. The average Bonchev–Trinajstić information content (AvgIpc) is 1.97. The van der Waals surface area contributed by atoms with E-state index in [4.69, 9.17) is 0 Å². The van der Waals surface area contributed by atoms with Crippen LogP contribution in [0, 0.1) is 0 Å². The first kappa shape index (κ1) is 10.3. The molecule has 0 amide bonds. The van der Waals surface area contributed by atoms with E-state index in [0.717, 1.165) is 18.5 Å². The van der Waals surface area contributed by atoms with Crippen molar-refractivity contribution in [3.05, 3.63) is 29.8 Å². The van der Waals surface area contributed by atoms with E-state index in [1.165, 1.54) is 12.1 Å². The first-order chi connectivity index (χ1) is 7.04. The maximum absolute atomic E-state index is 11.9. The Bertz CT molecular complexity index is 347. The number of alkyl halides is 3. The van der Waals surface area contributed by atoms with Crippen LogP contribution >= 0.6 is 0 Å². The van der Waals surface area contributed by atoms with Crippen molar-refractivity contribution in [2.45, 2.75) is 18.8 Å². The second kappa shape index (κ2) is 3.73. The first-order valence-corrected chi connectivity index (χ1v) is 4.64. The predicted octanol–water partition coefficient (Wildman–Crippen LogP) is 2.62. The summed E-state index contributed by atoms with van der Waals surface area (Å²) in [7, 11) is 0. The van der Waals surface area contributed by atoms with E-state index in [0.29, 0.717) is 0 Å². The van der Waals surface area contributed by atoms with Crippen molar-refractivity contribution in [1.82, 2.24) is 5.32 Å². The third-order valence-corrected chi connectivity index (χ3v) is 2.32. The number of halogens is 3. The molecule has 0 spiro atoms. The van der Waals surface area contributed by atoms with Crippen molar-refractivity contribution in [3.63, 3.8) is 0 Å². The molecular formula is C10H10F3NO. The van der Waals surface area contributed by atoms with E-state index in [-0.39, 0.29) is 11.8 Å². The molecule has 0 aliphatic carbocycles. The van der Waals surface area contributed by atoms with Crippen molar-refractivity contribution in [2.24, 2.45) is 0 Å². The van der Waals surface area contributed by atoms with Gasteiger partial charge in [0, 0.05) is 6.04 Å². The summed E-state index contributed by atoms with van der Waals surface area (Å²) in [5.41, 5.74) is 0.836. The lowest BCUT2D eigenvalue weighted by Gasteiger charge is -2.28. The second-order valence-corrected chi connectivity index (χ2v) is 3.42. The quantitative estimate of drug-likeness (QED) is 0.822. The van der Waals surface area contributed by atoms with Crippen LogP contribution in [0.3, 0.4) is 0 Å². The molecule has 2 nitrogen and oxygen atoms in total. The summed E-state index contributed by atoms with van der Waals surface area (Å²) < 4.78 is 39.6. The monoisotopic (exact) mass is 217 g/mol. The van der Waals surface area contributed by atoms with Gasteiger partial charge in [-0.3, -0.25) is 0 Å². The van der Waals surface area contributed by atoms with Gasteiger partial charge in [-0.05, 0) is 30.7 Å². The number of hydrogen-bond acceptors (Lipinski definition) is 2. The standard InChI is InChI=1S/C10H10F3NO/c11-10(12,13)15-8-3-1-2-7(6-8)9-4-5-14-9/h1-3,6,9,14H,4-5H2. The summed E-state index contributed by atoms with van der Waals surface area (Å²) in [4.78, 5) is 0. The molecule has 1 aromatic rings. The lowest BCUT2D eigenvalue weighted by atomic mass is 9.98. The minimum atomic E-state index is -4.62. The molecule has 0 saturated carbocycles. The van der Waals surface area contributed by atoms with Gasteiger partial charge < -0.3 is 10.1 Å². The maximum Gasteiger partial charge on any atom is 0.573 e. The smallest absolute Gasteiger partial charge is 0.406 e. The predicted molar refractivity (Wildman–Crippen MR) is 48.5 cm³/mol. The highest BCUT2D eigenvalue weighted by Crippen LogP contribution is 2.28. The van der Waals surface area contributed by atoms with Crippen molar-refractivity contribution in [2.75, 3.05) is 6.54 Å². The fourth-order valence-electron chi connectivity index (χ4n) is 1.50. The molecule has 1 atom stereocenters. The lowest BCUT2D eigenvalue weighted by Crippen LogP contribution is -2.34. The van der Waals surface area contributed by atoms with Gasteiger partial charge in [0.15, 0.2) is 0 Å². The zero-order valence-electron chi connectivity index (χ0n) is 7.84. The molecule has 2 rings (SSSR count). The summed E-state index contributed by atoms with van der Waals surface area (Å²) in [6, 6.07) is 6.25. The molecular weight excluding hydrogens is 207 g/mol. The van der Waals surface area contributed by atoms with Crippen molar-refractivity contribution < 1.29 is 17.9 Å². The lowest BCUT2D eigenvalue weighted by molar-refractivity contribution is -0.274. The molecule has 0 bridgehead atoms. The van der Waals surface area contributed by atoms with E-state index >= 15 is 0 Å². The minimum Gasteiger partial charge on any atom is -0.406 e. The Morgan fingerprint density at radius 3 is 2.60 bits per heavy atom. The van der Waals surface area contributed by atoms with Gasteiger partial charge in [-0.2, -0.15) is 0 Å². The third kappa shape index (κ3) is 2.62. The summed E-state index contributed by atoms with van der Waals surface area (Å²) >= 11 is 0. The van der Waals surface area contributed by atoms with Crippen LogP contribution in [0.25, 0.3) is 0 Å². The van der Waals surface area contributed by atoms with Crippen LogP contribution in [0.15, 0.2) is 24.3 Å². The summed E-state index contributed by atoms with van der Waals surface area (Å²) in [5.74, 6) is -0.159. The Labute approximate surface area is 85.0 Å². The molecule has 1 aliphatic rings. The molecule has 1 unspecified atom stereocenters. The molecule has 15 heavy (non-hydrogen) atoms. The summed E-state index contributed by atoms with van der Waals surface area (Å²) in [5, 5.41) is 3.12. The highest BCUT2D eigenvalue weighted by Gasteiger charge is 2.31. The van der Waals surface area contributed by atoms with Gasteiger partial charge in [0.1, 0.15) is 5.75 Å². The molecule has 82 valence electrons. The van der Waals surface area contributed by atoms with Crippen LogP contribution in [0.1, 0.15) is 18.0 Å². The van der Waals surface area contributed by atoms with E-state index in [1.807, 2.05) is 0 Å². The molecule has 1 heterocycles. The minimum absolute atomic E-state index is 0.159. The molecule has 0 aromatic heterocycles. The Balaban J connectivity index is 2.11. The fourth-order valence-corrected chi connectivity index (χ4v) is 1.50. The van der Waals surface area contributed by atoms with Gasteiger partial charge in [0.05, 0.1) is 0 Å². The zero-order chi connectivity index (χ0) is 10.9. The second-order valence-electron chi connectivity index (χ2n) is 3.42. The van der Waals surface area contributed by atoms with E-state index in [2.05, 4.69) is 10.1 Å². The molecule has 5 heteroatoms. The van der Waals surface area contributed by atoms with Gasteiger partial charge in [-0.25, -0.2) is 0 Å². The normalized spacial score (nSPS) is 20.9. The number of hydrogen-bond donors (Lipinski definition) is 1. The van der Waals surface area contributed by atoms with Crippen LogP contribution in [0.4, 0.5) is 13.2 Å². The van der Waals surface area contributed by atoms with Gasteiger partial charge in [0.2, 0.25) is 0 Å². The van der Waals surface area contributed by atoms with Crippen molar-refractivity contribution in [1.29, 1.82) is 0 Å². The fraction of sp³-hybridized carbons (Fsp3) is 0.400. The number of benzene rings is 1. The van der Waals surface area contributed by atoms with E-state index in [9.17, 15) is 13.2 Å². The summed E-state index contributed by atoms with van der Waals surface area (Å²) in [6.45, 7) is 0.912. The third-order valence-electron chi connectivity index (χ3n) is 2.32. The number of nitrogens with one attached hydrogen (secondary N) is 1. The Morgan fingerprint density at radius 1 is 1.33 bits per heavy atom. The van der Waals surface area contributed by atoms with Crippen LogP contribution in [-0.4, -0.2) is 12.9 Å². The van der Waals surface area contributed by atoms with Gasteiger partial charge in [-0.15, -0.1) is 13.2 Å². The largest absolute Gasteiger partial charge is 0.573 e. The molecule has 0 radical (unpaired) electrons. The highest BCUT2D eigenvalue weighted by atomic mass is 19.4. The molecule has 1 fully saturated rings. The van der Waals surface area contributed by atoms with Crippen LogP contribution < -0.4 is 10.1 Å². The molecule has 1 saturated heterocycles. The number of rotatable bonds is 2. The molecule has 1 aliphatic heterocycles. The SMILES string of the molecule is FC(F)(F)Oc1cccc(C2CCN2)c1. The van der Waals surface area contributed by atoms with E-state index < -0.39 is 6.36 Å². The Morgan fingerprint density at radius 2 is 2.07 bits per heavy atom. The van der Waals surface area contributed by atoms with Gasteiger partial charge in [0.25, 0.3) is 0 Å². The molecule has 1 N–H and O–H groups in total. The van der Waals surface area contributed by atoms with Crippen molar-refractivity contribution in [3.8, 4) is 5.75 Å². The van der Waals surface area contributed by atoms with Crippen LogP contribution in [0.5, 0.6) is 5.75 Å². The zero-order valence-corrected chi connectivity index (χ0v) is 7.84. The highest BCUT2D eigenvalue weighted by molar-refractivity contribution is 5.31. The summed E-state index contributed by atoms with van der Waals surface area (Å²) in [6.07, 6.45) is -3.67.